The molecule has 2 heteroatoms. The molecular formula is C16H15NO. The third-order valence-electron chi connectivity index (χ3n) is 2.82. The second-order valence-electron chi connectivity index (χ2n) is 4.15. The normalized spacial score (nSPS) is 11.8. The lowest BCUT2D eigenvalue weighted by Gasteiger charge is -2.16. The molecule has 18 heavy (non-hydrogen) atoms. The average Bonchev–Trinajstić information content (AvgIpc) is 2.40. The van der Waals surface area contributed by atoms with Crippen LogP contribution in [0.1, 0.15) is 21.8 Å². The Bertz CT molecular complexity index is 546. The van der Waals surface area contributed by atoms with Crippen molar-refractivity contribution in [2.75, 3.05) is 0 Å². The summed E-state index contributed by atoms with van der Waals surface area (Å²) in [5.41, 5.74) is 7.69. The molecule has 0 spiro atoms. The molecule has 2 aromatic rings. The van der Waals surface area contributed by atoms with Gasteiger partial charge in [0, 0.05) is 11.3 Å². The van der Waals surface area contributed by atoms with E-state index in [1.54, 1.807) is 12.1 Å². The van der Waals surface area contributed by atoms with Crippen LogP contribution in [0.25, 0.3) is 0 Å². The molecule has 0 amide bonds. The van der Waals surface area contributed by atoms with Crippen LogP contribution in [0.5, 0.6) is 0 Å². The first kappa shape index (κ1) is 12.1. The van der Waals surface area contributed by atoms with E-state index in [4.69, 9.17) is 5.73 Å². The van der Waals surface area contributed by atoms with E-state index in [1.165, 1.54) is 0 Å². The molecule has 0 bridgehead atoms. The summed E-state index contributed by atoms with van der Waals surface area (Å²) in [5, 5.41) is 0. The molecule has 0 fully saturated rings. The summed E-state index contributed by atoms with van der Waals surface area (Å²) in [5.74, 6) is -0.497. The Labute approximate surface area is 107 Å². The van der Waals surface area contributed by atoms with Gasteiger partial charge in [-0.2, -0.15) is 0 Å². The summed E-state index contributed by atoms with van der Waals surface area (Å²) in [4.78, 5) is 12.4. The Hall–Kier alpha value is -2.35. The SMILES string of the molecule is C=C(N)C(C(=O)c1ccccc1)c1ccccc1. The van der Waals surface area contributed by atoms with E-state index < -0.39 is 5.92 Å². The molecule has 2 N–H and O–H groups in total. The van der Waals surface area contributed by atoms with Crippen LogP contribution in [0.2, 0.25) is 0 Å². The van der Waals surface area contributed by atoms with Crippen molar-refractivity contribution in [3.63, 3.8) is 0 Å². The van der Waals surface area contributed by atoms with Gasteiger partial charge in [0.05, 0.1) is 5.92 Å². The fourth-order valence-electron chi connectivity index (χ4n) is 1.95. The Morgan fingerprint density at radius 2 is 1.44 bits per heavy atom. The Morgan fingerprint density at radius 3 is 1.94 bits per heavy atom. The zero-order chi connectivity index (χ0) is 13.0. The molecule has 0 heterocycles. The van der Waals surface area contributed by atoms with E-state index >= 15 is 0 Å². The van der Waals surface area contributed by atoms with Gasteiger partial charge in [0.25, 0.3) is 0 Å². The van der Waals surface area contributed by atoms with Crippen molar-refractivity contribution < 1.29 is 4.79 Å². The van der Waals surface area contributed by atoms with Gasteiger partial charge in [-0.15, -0.1) is 0 Å². The van der Waals surface area contributed by atoms with Crippen LogP contribution in [-0.4, -0.2) is 5.78 Å². The molecular weight excluding hydrogens is 222 g/mol. The van der Waals surface area contributed by atoms with Gasteiger partial charge < -0.3 is 5.73 Å². The largest absolute Gasteiger partial charge is 0.402 e. The monoisotopic (exact) mass is 237 g/mol. The first-order valence-corrected chi connectivity index (χ1v) is 5.78. The number of carbonyl (C=O) groups excluding carboxylic acids is 1. The van der Waals surface area contributed by atoms with Crippen LogP contribution in [0, 0.1) is 0 Å². The van der Waals surface area contributed by atoms with Gasteiger partial charge in [0.2, 0.25) is 0 Å². The highest BCUT2D eigenvalue weighted by molar-refractivity contribution is 6.02. The van der Waals surface area contributed by atoms with Gasteiger partial charge >= 0.3 is 0 Å². The lowest BCUT2D eigenvalue weighted by atomic mass is 9.89. The van der Waals surface area contributed by atoms with E-state index in [1.807, 2.05) is 48.5 Å². The fraction of sp³-hybridized carbons (Fsp3) is 0.0625. The molecule has 1 atom stereocenters. The molecule has 0 aliphatic heterocycles. The van der Waals surface area contributed by atoms with E-state index in [9.17, 15) is 4.79 Å². The molecule has 0 aliphatic carbocycles. The van der Waals surface area contributed by atoms with E-state index in [0.717, 1.165) is 5.56 Å². The lowest BCUT2D eigenvalue weighted by Crippen LogP contribution is -2.19. The minimum absolute atomic E-state index is 0.0192. The van der Waals surface area contributed by atoms with Crippen LogP contribution >= 0.6 is 0 Å². The van der Waals surface area contributed by atoms with Crippen LogP contribution in [-0.2, 0) is 0 Å². The fourth-order valence-corrected chi connectivity index (χ4v) is 1.95. The van der Waals surface area contributed by atoms with Crippen molar-refractivity contribution in [2.45, 2.75) is 5.92 Å². The molecule has 0 saturated heterocycles. The molecule has 2 rings (SSSR count). The predicted molar refractivity (Wildman–Crippen MR) is 73.3 cm³/mol. The third kappa shape index (κ3) is 2.48. The maximum atomic E-state index is 12.4. The predicted octanol–water partition coefficient (Wildman–Crippen LogP) is 3.13. The topological polar surface area (TPSA) is 43.1 Å². The number of hydrogen-bond acceptors (Lipinski definition) is 2. The second kappa shape index (κ2) is 5.32. The minimum Gasteiger partial charge on any atom is -0.402 e. The highest BCUT2D eigenvalue weighted by Gasteiger charge is 2.22. The van der Waals surface area contributed by atoms with Crippen molar-refractivity contribution in [3.8, 4) is 0 Å². The van der Waals surface area contributed by atoms with E-state index in [-0.39, 0.29) is 5.78 Å². The second-order valence-corrected chi connectivity index (χ2v) is 4.15. The first-order chi connectivity index (χ1) is 8.70. The van der Waals surface area contributed by atoms with Crippen LogP contribution in [0.15, 0.2) is 72.9 Å². The third-order valence-corrected chi connectivity index (χ3v) is 2.82. The molecule has 2 aromatic carbocycles. The highest BCUT2D eigenvalue weighted by atomic mass is 16.1. The van der Waals surface area contributed by atoms with E-state index in [2.05, 4.69) is 6.58 Å². The summed E-state index contributed by atoms with van der Waals surface area (Å²) in [6.07, 6.45) is 0. The maximum absolute atomic E-state index is 12.4. The number of ketones is 1. The number of benzene rings is 2. The molecule has 1 unspecified atom stereocenters. The van der Waals surface area contributed by atoms with Gasteiger partial charge in [0.1, 0.15) is 0 Å². The standard InChI is InChI=1S/C16H15NO/c1-12(17)15(13-8-4-2-5-9-13)16(18)14-10-6-3-7-11-14/h2-11,15H,1,17H2. The van der Waals surface area contributed by atoms with Crippen molar-refractivity contribution in [1.29, 1.82) is 0 Å². The molecule has 0 saturated carbocycles. The number of Topliss-reactive ketones (excluding diaryl/α,β-unsaturated/α-hetero) is 1. The Morgan fingerprint density at radius 1 is 0.944 bits per heavy atom. The van der Waals surface area contributed by atoms with Gasteiger partial charge in [-0.05, 0) is 5.56 Å². The number of carbonyl (C=O) groups is 1. The molecule has 0 aromatic heterocycles. The van der Waals surface area contributed by atoms with Gasteiger partial charge in [-0.3, -0.25) is 4.79 Å². The summed E-state index contributed by atoms with van der Waals surface area (Å²) in [6, 6.07) is 18.6. The lowest BCUT2D eigenvalue weighted by molar-refractivity contribution is 0.0972. The number of allylic oxidation sites excluding steroid dienone is 1. The van der Waals surface area contributed by atoms with Gasteiger partial charge in [-0.1, -0.05) is 67.2 Å². The molecule has 0 radical (unpaired) electrons. The maximum Gasteiger partial charge on any atom is 0.176 e. The summed E-state index contributed by atoms with van der Waals surface area (Å²) in [6.45, 7) is 3.74. The van der Waals surface area contributed by atoms with Crippen LogP contribution < -0.4 is 5.73 Å². The van der Waals surface area contributed by atoms with Crippen LogP contribution in [0.4, 0.5) is 0 Å². The number of rotatable bonds is 4. The summed E-state index contributed by atoms with van der Waals surface area (Å²) >= 11 is 0. The van der Waals surface area contributed by atoms with Gasteiger partial charge in [-0.25, -0.2) is 0 Å². The molecule has 2 nitrogen and oxygen atoms in total. The Balaban J connectivity index is 2.39. The van der Waals surface area contributed by atoms with Crippen molar-refractivity contribution >= 4 is 5.78 Å². The number of hydrogen-bond donors (Lipinski definition) is 1. The number of nitrogens with two attached hydrogens (primary N) is 1. The summed E-state index contributed by atoms with van der Waals surface area (Å²) < 4.78 is 0. The zero-order valence-corrected chi connectivity index (χ0v) is 10.0. The van der Waals surface area contributed by atoms with Crippen molar-refractivity contribution in [2.24, 2.45) is 5.73 Å². The minimum atomic E-state index is -0.478. The Kier molecular flexibility index (Phi) is 3.58. The first-order valence-electron chi connectivity index (χ1n) is 5.78. The van der Waals surface area contributed by atoms with E-state index in [0.29, 0.717) is 11.3 Å². The summed E-state index contributed by atoms with van der Waals surface area (Å²) in [7, 11) is 0. The smallest absolute Gasteiger partial charge is 0.176 e. The van der Waals surface area contributed by atoms with Gasteiger partial charge in [0.15, 0.2) is 5.78 Å². The van der Waals surface area contributed by atoms with Crippen molar-refractivity contribution in [1.82, 2.24) is 0 Å². The van der Waals surface area contributed by atoms with Crippen molar-refractivity contribution in [3.05, 3.63) is 84.1 Å². The molecule has 0 aliphatic rings. The average molecular weight is 237 g/mol. The highest BCUT2D eigenvalue weighted by Crippen LogP contribution is 2.24. The van der Waals surface area contributed by atoms with Crippen LogP contribution in [0.3, 0.4) is 0 Å². The quantitative estimate of drug-likeness (QED) is 0.830. The zero-order valence-electron chi connectivity index (χ0n) is 10.0. The molecule has 90 valence electrons.